The van der Waals surface area contributed by atoms with E-state index >= 15 is 0 Å². The van der Waals surface area contributed by atoms with E-state index in [-0.39, 0.29) is 12.2 Å². The zero-order valence-corrected chi connectivity index (χ0v) is 11.4. The first-order valence-corrected chi connectivity index (χ1v) is 6.08. The Labute approximate surface area is 112 Å². The van der Waals surface area contributed by atoms with Crippen molar-refractivity contribution in [1.29, 1.82) is 0 Å². The third-order valence-corrected chi connectivity index (χ3v) is 3.29. The molecule has 5 heteroatoms. The van der Waals surface area contributed by atoms with E-state index in [2.05, 4.69) is 22.6 Å². The molecule has 0 aliphatic heterocycles. The molecular formula is C11H10ClIO3. The molecule has 0 aromatic heterocycles. The molecule has 1 unspecified atom stereocenters. The highest BCUT2D eigenvalue weighted by atomic mass is 127. The van der Waals surface area contributed by atoms with Crippen LogP contribution in [0.25, 0.3) is 0 Å². The SMILES string of the molecule is CC(=O)C(Cl)c1ccc(I)cc1CC(=O)O. The van der Waals surface area contributed by atoms with Gasteiger partial charge in [-0.3, -0.25) is 9.59 Å². The number of carbonyl (C=O) groups is 2. The molecule has 0 radical (unpaired) electrons. The van der Waals surface area contributed by atoms with Crippen molar-refractivity contribution in [3.8, 4) is 0 Å². The number of carboxylic acids is 1. The zero-order valence-electron chi connectivity index (χ0n) is 8.54. The number of hydrogen-bond donors (Lipinski definition) is 1. The average molecular weight is 353 g/mol. The topological polar surface area (TPSA) is 54.4 Å². The Kier molecular flexibility index (Phi) is 4.73. The first-order chi connectivity index (χ1) is 7.41. The summed E-state index contributed by atoms with van der Waals surface area (Å²) >= 11 is 8.03. The maximum Gasteiger partial charge on any atom is 0.307 e. The van der Waals surface area contributed by atoms with E-state index in [0.717, 1.165) is 3.57 Å². The van der Waals surface area contributed by atoms with Crippen molar-refractivity contribution < 1.29 is 14.7 Å². The van der Waals surface area contributed by atoms with E-state index < -0.39 is 11.3 Å². The molecular weight excluding hydrogens is 342 g/mol. The predicted molar refractivity (Wildman–Crippen MR) is 69.8 cm³/mol. The van der Waals surface area contributed by atoms with Gasteiger partial charge >= 0.3 is 5.97 Å². The lowest BCUT2D eigenvalue weighted by Gasteiger charge is -2.11. The largest absolute Gasteiger partial charge is 0.481 e. The van der Waals surface area contributed by atoms with Gasteiger partial charge in [-0.1, -0.05) is 6.07 Å². The van der Waals surface area contributed by atoms with Crippen LogP contribution in [0.4, 0.5) is 0 Å². The van der Waals surface area contributed by atoms with E-state index in [4.69, 9.17) is 16.7 Å². The second kappa shape index (κ2) is 5.63. The summed E-state index contributed by atoms with van der Waals surface area (Å²) in [6, 6.07) is 5.25. The van der Waals surface area contributed by atoms with Gasteiger partial charge in [0.2, 0.25) is 0 Å². The van der Waals surface area contributed by atoms with Gasteiger partial charge in [-0.25, -0.2) is 0 Å². The Hall–Kier alpha value is -0.620. The van der Waals surface area contributed by atoms with Crippen LogP contribution in [0, 0.1) is 3.57 Å². The van der Waals surface area contributed by atoms with Crippen LogP contribution >= 0.6 is 34.2 Å². The predicted octanol–water partition coefficient (Wildman–Crippen LogP) is 2.79. The number of benzene rings is 1. The number of alkyl halides is 1. The normalized spacial score (nSPS) is 12.2. The van der Waals surface area contributed by atoms with Crippen LogP contribution in [0.1, 0.15) is 23.4 Å². The Morgan fingerprint density at radius 3 is 2.62 bits per heavy atom. The van der Waals surface area contributed by atoms with Crippen molar-refractivity contribution in [3.63, 3.8) is 0 Å². The molecule has 1 N–H and O–H groups in total. The van der Waals surface area contributed by atoms with Crippen LogP contribution in [-0.4, -0.2) is 16.9 Å². The summed E-state index contributed by atoms with van der Waals surface area (Å²) in [5.74, 6) is -1.12. The van der Waals surface area contributed by atoms with Crippen molar-refractivity contribution in [3.05, 3.63) is 32.9 Å². The van der Waals surface area contributed by atoms with Gasteiger partial charge in [0.05, 0.1) is 6.42 Å². The second-order valence-corrected chi connectivity index (χ2v) is 5.07. The highest BCUT2D eigenvalue weighted by Gasteiger charge is 2.18. The van der Waals surface area contributed by atoms with Gasteiger partial charge in [0.1, 0.15) is 5.38 Å². The number of carbonyl (C=O) groups excluding carboxylic acids is 1. The lowest BCUT2D eigenvalue weighted by Crippen LogP contribution is -2.09. The van der Waals surface area contributed by atoms with Crippen LogP contribution in [0.15, 0.2) is 18.2 Å². The van der Waals surface area contributed by atoms with E-state index in [0.29, 0.717) is 11.1 Å². The Morgan fingerprint density at radius 1 is 1.50 bits per heavy atom. The molecule has 0 saturated heterocycles. The summed E-state index contributed by atoms with van der Waals surface area (Å²) in [5.41, 5.74) is 1.17. The summed E-state index contributed by atoms with van der Waals surface area (Å²) in [6.45, 7) is 1.39. The molecule has 16 heavy (non-hydrogen) atoms. The van der Waals surface area contributed by atoms with Crippen LogP contribution in [0.5, 0.6) is 0 Å². The van der Waals surface area contributed by atoms with E-state index in [1.807, 2.05) is 0 Å². The molecule has 3 nitrogen and oxygen atoms in total. The van der Waals surface area contributed by atoms with Crippen molar-refractivity contribution in [2.45, 2.75) is 18.7 Å². The second-order valence-electron chi connectivity index (χ2n) is 3.39. The lowest BCUT2D eigenvalue weighted by atomic mass is 10.00. The van der Waals surface area contributed by atoms with E-state index in [1.54, 1.807) is 18.2 Å². The first kappa shape index (κ1) is 13.4. The number of ketones is 1. The number of aliphatic carboxylic acids is 1. The molecule has 1 aromatic rings. The third-order valence-electron chi connectivity index (χ3n) is 2.08. The number of carboxylic acid groups (broad SMARTS) is 1. The molecule has 0 heterocycles. The minimum Gasteiger partial charge on any atom is -0.481 e. The Bertz CT molecular complexity index is 431. The van der Waals surface area contributed by atoms with Crippen LogP contribution in [0.2, 0.25) is 0 Å². The molecule has 0 saturated carbocycles. The summed E-state index contributed by atoms with van der Waals surface area (Å²) in [6.07, 6.45) is -0.122. The fourth-order valence-electron chi connectivity index (χ4n) is 1.36. The van der Waals surface area contributed by atoms with Gasteiger partial charge in [0, 0.05) is 3.57 Å². The minimum absolute atomic E-state index is 0.122. The fraction of sp³-hybridized carbons (Fsp3) is 0.273. The van der Waals surface area contributed by atoms with Gasteiger partial charge in [0.15, 0.2) is 5.78 Å². The molecule has 1 rings (SSSR count). The molecule has 0 aliphatic rings. The number of Topliss-reactive ketones (excluding diaryl/α,β-unsaturated/α-hetero) is 1. The van der Waals surface area contributed by atoms with Crippen LogP contribution < -0.4 is 0 Å². The number of halogens is 2. The molecule has 1 aromatic carbocycles. The highest BCUT2D eigenvalue weighted by Crippen LogP contribution is 2.26. The highest BCUT2D eigenvalue weighted by molar-refractivity contribution is 14.1. The van der Waals surface area contributed by atoms with Crippen molar-refractivity contribution in [1.82, 2.24) is 0 Å². The molecule has 86 valence electrons. The smallest absolute Gasteiger partial charge is 0.307 e. The first-order valence-electron chi connectivity index (χ1n) is 4.56. The van der Waals surface area contributed by atoms with E-state index in [1.165, 1.54) is 6.92 Å². The third kappa shape index (κ3) is 3.45. The van der Waals surface area contributed by atoms with Gasteiger partial charge in [-0.05, 0) is 52.8 Å². The maximum absolute atomic E-state index is 11.2. The van der Waals surface area contributed by atoms with Gasteiger partial charge in [-0.15, -0.1) is 11.6 Å². The van der Waals surface area contributed by atoms with Crippen molar-refractivity contribution >= 4 is 45.9 Å². The fourth-order valence-corrected chi connectivity index (χ4v) is 2.13. The summed E-state index contributed by atoms with van der Waals surface area (Å²) < 4.78 is 0.921. The van der Waals surface area contributed by atoms with Gasteiger partial charge < -0.3 is 5.11 Å². The summed E-state index contributed by atoms with van der Waals surface area (Å²) in [5, 5.41) is 8.00. The average Bonchev–Trinajstić information content (AvgIpc) is 2.15. The van der Waals surface area contributed by atoms with Crippen LogP contribution in [-0.2, 0) is 16.0 Å². The molecule has 0 bridgehead atoms. The number of rotatable bonds is 4. The minimum atomic E-state index is -0.935. The Balaban J connectivity index is 3.16. The molecule has 0 amide bonds. The van der Waals surface area contributed by atoms with E-state index in [9.17, 15) is 9.59 Å². The van der Waals surface area contributed by atoms with Crippen molar-refractivity contribution in [2.24, 2.45) is 0 Å². The van der Waals surface area contributed by atoms with Crippen LogP contribution in [0.3, 0.4) is 0 Å². The molecule has 0 aliphatic carbocycles. The quantitative estimate of drug-likeness (QED) is 0.670. The summed E-state index contributed by atoms with van der Waals surface area (Å²) in [7, 11) is 0. The zero-order chi connectivity index (χ0) is 12.3. The van der Waals surface area contributed by atoms with Crippen molar-refractivity contribution in [2.75, 3.05) is 0 Å². The number of hydrogen-bond acceptors (Lipinski definition) is 2. The lowest BCUT2D eigenvalue weighted by molar-refractivity contribution is -0.136. The standard InChI is InChI=1S/C11H10ClIO3/c1-6(14)11(12)9-3-2-8(13)4-7(9)5-10(15)16/h2-4,11H,5H2,1H3,(H,15,16). The van der Waals surface area contributed by atoms with Gasteiger partial charge in [-0.2, -0.15) is 0 Å². The molecule has 0 fully saturated rings. The Morgan fingerprint density at radius 2 is 2.12 bits per heavy atom. The maximum atomic E-state index is 11.2. The molecule has 0 spiro atoms. The monoisotopic (exact) mass is 352 g/mol. The van der Waals surface area contributed by atoms with Gasteiger partial charge in [0.25, 0.3) is 0 Å². The summed E-state index contributed by atoms with van der Waals surface area (Å²) in [4.78, 5) is 21.9. The molecule has 1 atom stereocenters.